The Morgan fingerprint density at radius 3 is 2.52 bits per heavy atom. The van der Waals surface area contributed by atoms with E-state index >= 15 is 0 Å². The standard InChI is InChI=1S/C20H18FNO5/c1-12-7-8-14-15(11-12)19(24)22(18(14)23)13(2)20(25)27-10-9-26-17-6-4-3-5-16(17)21/h3-8,11,13H,9-10H2,1-2H3. The molecule has 0 aromatic heterocycles. The maximum atomic E-state index is 13.4. The lowest BCUT2D eigenvalue weighted by Gasteiger charge is -2.20. The van der Waals surface area contributed by atoms with Crippen LogP contribution in [0.25, 0.3) is 0 Å². The van der Waals surface area contributed by atoms with Crippen LogP contribution in [0.1, 0.15) is 33.2 Å². The molecule has 1 aliphatic rings. The molecule has 140 valence electrons. The molecule has 0 saturated carbocycles. The number of halogens is 1. The van der Waals surface area contributed by atoms with Crippen molar-refractivity contribution in [1.29, 1.82) is 0 Å². The van der Waals surface area contributed by atoms with Gasteiger partial charge in [0.1, 0.15) is 19.3 Å². The number of para-hydroxylation sites is 1. The summed E-state index contributed by atoms with van der Waals surface area (Å²) >= 11 is 0. The van der Waals surface area contributed by atoms with Crippen LogP contribution in [0.5, 0.6) is 5.75 Å². The van der Waals surface area contributed by atoms with Crippen LogP contribution in [0.15, 0.2) is 42.5 Å². The molecule has 3 rings (SSSR count). The zero-order chi connectivity index (χ0) is 19.6. The van der Waals surface area contributed by atoms with Gasteiger partial charge in [0.15, 0.2) is 11.6 Å². The van der Waals surface area contributed by atoms with Crippen molar-refractivity contribution >= 4 is 17.8 Å². The summed E-state index contributed by atoms with van der Waals surface area (Å²) in [5.41, 5.74) is 1.40. The van der Waals surface area contributed by atoms with Crippen molar-refractivity contribution in [2.75, 3.05) is 13.2 Å². The van der Waals surface area contributed by atoms with Crippen molar-refractivity contribution in [3.05, 3.63) is 65.0 Å². The number of rotatable bonds is 6. The Labute approximate surface area is 155 Å². The number of aryl methyl sites for hydroxylation is 1. The number of fused-ring (bicyclic) bond motifs is 1. The maximum Gasteiger partial charge on any atom is 0.329 e. The molecule has 1 atom stereocenters. The van der Waals surface area contributed by atoms with E-state index in [0.717, 1.165) is 10.5 Å². The molecule has 0 N–H and O–H groups in total. The Morgan fingerprint density at radius 1 is 1.07 bits per heavy atom. The smallest absolute Gasteiger partial charge is 0.329 e. The molecule has 2 amide bonds. The van der Waals surface area contributed by atoms with Crippen molar-refractivity contribution in [3.8, 4) is 5.75 Å². The number of imide groups is 1. The van der Waals surface area contributed by atoms with E-state index in [-0.39, 0.29) is 30.1 Å². The lowest BCUT2D eigenvalue weighted by molar-refractivity contribution is -0.148. The lowest BCUT2D eigenvalue weighted by atomic mass is 10.1. The molecule has 2 aromatic carbocycles. The van der Waals surface area contributed by atoms with Gasteiger partial charge in [-0.1, -0.05) is 23.8 Å². The summed E-state index contributed by atoms with van der Waals surface area (Å²) in [6, 6.07) is 9.72. The third-order valence-electron chi connectivity index (χ3n) is 4.22. The van der Waals surface area contributed by atoms with Gasteiger partial charge in [-0.2, -0.15) is 0 Å². The second-order valence-electron chi connectivity index (χ2n) is 6.15. The predicted molar refractivity (Wildman–Crippen MR) is 94.0 cm³/mol. The van der Waals surface area contributed by atoms with Crippen LogP contribution < -0.4 is 4.74 Å². The van der Waals surface area contributed by atoms with Gasteiger partial charge in [-0.15, -0.1) is 0 Å². The molecule has 7 heteroatoms. The number of ether oxygens (including phenoxy) is 2. The zero-order valence-electron chi connectivity index (χ0n) is 14.9. The van der Waals surface area contributed by atoms with Crippen LogP contribution in [-0.4, -0.2) is 41.9 Å². The Hall–Kier alpha value is -3.22. The number of hydrogen-bond acceptors (Lipinski definition) is 5. The monoisotopic (exact) mass is 371 g/mol. The van der Waals surface area contributed by atoms with Gasteiger partial charge in [-0.05, 0) is 38.1 Å². The minimum absolute atomic E-state index is 0.0531. The van der Waals surface area contributed by atoms with Gasteiger partial charge in [0, 0.05) is 0 Å². The molecule has 2 aromatic rings. The first-order valence-electron chi connectivity index (χ1n) is 8.42. The van der Waals surface area contributed by atoms with Gasteiger partial charge in [-0.3, -0.25) is 14.5 Å². The molecule has 0 saturated heterocycles. The van der Waals surface area contributed by atoms with E-state index in [2.05, 4.69) is 0 Å². The highest BCUT2D eigenvalue weighted by atomic mass is 19.1. The fourth-order valence-electron chi connectivity index (χ4n) is 2.81. The fourth-order valence-corrected chi connectivity index (χ4v) is 2.81. The van der Waals surface area contributed by atoms with Crippen LogP contribution >= 0.6 is 0 Å². The van der Waals surface area contributed by atoms with Gasteiger partial charge < -0.3 is 9.47 Å². The van der Waals surface area contributed by atoms with Crippen molar-refractivity contribution in [2.24, 2.45) is 0 Å². The predicted octanol–water partition coefficient (Wildman–Crippen LogP) is 2.74. The van der Waals surface area contributed by atoms with E-state index < -0.39 is 29.6 Å². The summed E-state index contributed by atoms with van der Waals surface area (Å²) in [6.45, 7) is 3.04. The first kappa shape index (κ1) is 18.6. The Kier molecular flexibility index (Phi) is 5.21. The van der Waals surface area contributed by atoms with Crippen LogP contribution in [-0.2, 0) is 9.53 Å². The van der Waals surface area contributed by atoms with E-state index in [0.29, 0.717) is 0 Å². The molecule has 0 spiro atoms. The Balaban J connectivity index is 1.57. The minimum atomic E-state index is -1.08. The average Bonchev–Trinajstić information content (AvgIpc) is 2.89. The molecule has 1 aliphatic heterocycles. The second-order valence-corrected chi connectivity index (χ2v) is 6.15. The zero-order valence-corrected chi connectivity index (χ0v) is 14.9. The molecule has 0 radical (unpaired) electrons. The summed E-state index contributed by atoms with van der Waals surface area (Å²) in [7, 11) is 0. The first-order valence-corrected chi connectivity index (χ1v) is 8.42. The molecule has 0 bridgehead atoms. The normalized spacial score (nSPS) is 14.1. The third-order valence-corrected chi connectivity index (χ3v) is 4.22. The van der Waals surface area contributed by atoms with E-state index in [4.69, 9.17) is 9.47 Å². The van der Waals surface area contributed by atoms with Gasteiger partial charge >= 0.3 is 5.97 Å². The molecule has 6 nitrogen and oxygen atoms in total. The van der Waals surface area contributed by atoms with E-state index in [1.807, 2.05) is 6.92 Å². The van der Waals surface area contributed by atoms with Crippen molar-refractivity contribution < 1.29 is 28.2 Å². The summed E-state index contributed by atoms with van der Waals surface area (Å²) in [5, 5.41) is 0. The van der Waals surface area contributed by atoms with Crippen LogP contribution in [0, 0.1) is 12.7 Å². The molecule has 1 heterocycles. The largest absolute Gasteiger partial charge is 0.487 e. The minimum Gasteiger partial charge on any atom is -0.487 e. The van der Waals surface area contributed by atoms with Crippen molar-refractivity contribution in [2.45, 2.75) is 19.9 Å². The fraction of sp³-hybridized carbons (Fsp3) is 0.250. The number of nitrogens with zero attached hydrogens (tertiary/aromatic N) is 1. The number of benzene rings is 2. The van der Waals surface area contributed by atoms with Gasteiger partial charge in [0.25, 0.3) is 11.8 Å². The SMILES string of the molecule is Cc1ccc2c(c1)C(=O)N(C(C)C(=O)OCCOc1ccccc1F)C2=O. The number of carbonyl (C=O) groups excluding carboxylic acids is 3. The summed E-state index contributed by atoms with van der Waals surface area (Å²) in [6.07, 6.45) is 0. The molecular weight excluding hydrogens is 353 g/mol. The first-order chi connectivity index (χ1) is 12.9. The second kappa shape index (κ2) is 7.57. The van der Waals surface area contributed by atoms with E-state index in [1.165, 1.54) is 25.1 Å². The highest BCUT2D eigenvalue weighted by Crippen LogP contribution is 2.26. The number of carbonyl (C=O) groups is 3. The highest BCUT2D eigenvalue weighted by Gasteiger charge is 2.41. The van der Waals surface area contributed by atoms with Crippen LogP contribution in [0.3, 0.4) is 0 Å². The van der Waals surface area contributed by atoms with Gasteiger partial charge in [0.2, 0.25) is 0 Å². The lowest BCUT2D eigenvalue weighted by Crippen LogP contribution is -2.44. The summed E-state index contributed by atoms with van der Waals surface area (Å²) in [4.78, 5) is 38.0. The quantitative estimate of drug-likeness (QED) is 0.444. The number of amides is 2. The highest BCUT2D eigenvalue weighted by molar-refractivity contribution is 6.22. The van der Waals surface area contributed by atoms with Crippen molar-refractivity contribution in [1.82, 2.24) is 4.90 Å². The maximum absolute atomic E-state index is 13.4. The van der Waals surface area contributed by atoms with Crippen molar-refractivity contribution in [3.63, 3.8) is 0 Å². The number of hydrogen-bond donors (Lipinski definition) is 0. The third kappa shape index (κ3) is 3.67. The van der Waals surface area contributed by atoms with E-state index in [9.17, 15) is 18.8 Å². The van der Waals surface area contributed by atoms with Crippen LogP contribution in [0.2, 0.25) is 0 Å². The molecule has 1 unspecified atom stereocenters. The molecule has 0 fully saturated rings. The molecule has 0 aliphatic carbocycles. The Morgan fingerprint density at radius 2 is 1.78 bits per heavy atom. The topological polar surface area (TPSA) is 72.9 Å². The summed E-state index contributed by atoms with van der Waals surface area (Å²) in [5.74, 6) is -2.25. The summed E-state index contributed by atoms with van der Waals surface area (Å²) < 4.78 is 23.7. The van der Waals surface area contributed by atoms with Gasteiger partial charge in [0.05, 0.1) is 11.1 Å². The number of esters is 1. The van der Waals surface area contributed by atoms with Crippen LogP contribution in [0.4, 0.5) is 4.39 Å². The Bertz CT molecular complexity index is 911. The molecular formula is C20H18FNO5. The van der Waals surface area contributed by atoms with E-state index in [1.54, 1.807) is 24.3 Å². The molecule has 27 heavy (non-hydrogen) atoms. The average molecular weight is 371 g/mol. The van der Waals surface area contributed by atoms with Gasteiger partial charge in [-0.25, -0.2) is 9.18 Å².